The van der Waals surface area contributed by atoms with Gasteiger partial charge in [-0.15, -0.1) is 0 Å². The van der Waals surface area contributed by atoms with Crippen LogP contribution in [-0.4, -0.2) is 11.9 Å². The molecule has 4 fully saturated rings. The van der Waals surface area contributed by atoms with E-state index in [1.54, 1.807) is 0 Å². The van der Waals surface area contributed by atoms with Crippen LogP contribution in [0, 0.1) is 27.6 Å². The number of fused-ring (bicyclic) bond motifs is 2. The zero-order valence-corrected chi connectivity index (χ0v) is 12.2. The molecule has 5 unspecified atom stereocenters. The number of urea groups is 1. The van der Waals surface area contributed by atoms with Gasteiger partial charge in [0.05, 0.1) is 5.41 Å². The second-order valence-corrected chi connectivity index (χ2v) is 8.44. The molecule has 4 aliphatic carbocycles. The Kier molecular flexibility index (Phi) is 1.96. The summed E-state index contributed by atoms with van der Waals surface area (Å²) in [6, 6.07) is -0.705. The smallest absolute Gasteiger partial charge is 0.330 e. The molecule has 4 N–H and O–H groups in total. The minimum Gasteiger partial charge on any atom is -0.350 e. The lowest BCUT2D eigenvalue weighted by atomic mass is 9.40. The van der Waals surface area contributed by atoms with Gasteiger partial charge >= 0.3 is 6.03 Å². The van der Waals surface area contributed by atoms with Crippen molar-refractivity contribution in [3.63, 3.8) is 0 Å². The molecule has 4 rings (SSSR count). The van der Waals surface area contributed by atoms with Gasteiger partial charge in [0.15, 0.2) is 0 Å². The number of hydrazine groups is 1. The van der Waals surface area contributed by atoms with E-state index in [1.165, 1.54) is 19.3 Å². The predicted octanol–water partition coefficient (Wildman–Crippen LogP) is 1.68. The van der Waals surface area contributed by atoms with Crippen LogP contribution in [0.1, 0.15) is 52.4 Å². The first-order valence-electron chi connectivity index (χ1n) is 7.60. The van der Waals surface area contributed by atoms with Crippen molar-refractivity contribution in [3.8, 4) is 0 Å². The van der Waals surface area contributed by atoms with Crippen LogP contribution in [0.15, 0.2) is 0 Å². The number of hydrogen-bond acceptors (Lipinski definition) is 2. The summed E-state index contributed by atoms with van der Waals surface area (Å²) in [6.45, 7) is 4.80. The van der Waals surface area contributed by atoms with E-state index in [9.17, 15) is 9.59 Å². The van der Waals surface area contributed by atoms with E-state index in [0.29, 0.717) is 22.2 Å². The predicted molar refractivity (Wildman–Crippen MR) is 73.1 cm³/mol. The fourth-order valence-electron chi connectivity index (χ4n) is 7.25. The van der Waals surface area contributed by atoms with Crippen LogP contribution in [0.3, 0.4) is 0 Å². The van der Waals surface area contributed by atoms with Crippen molar-refractivity contribution in [1.29, 1.82) is 0 Å². The maximum absolute atomic E-state index is 12.6. The number of rotatable bonds is 1. The Morgan fingerprint density at radius 3 is 2.45 bits per heavy atom. The van der Waals surface area contributed by atoms with Gasteiger partial charge in [-0.1, -0.05) is 13.8 Å². The lowest BCUT2D eigenvalue weighted by Crippen LogP contribution is -2.57. The van der Waals surface area contributed by atoms with Gasteiger partial charge in [-0.25, -0.2) is 10.2 Å². The molecule has 4 saturated carbocycles. The molecule has 3 bridgehead atoms. The van der Waals surface area contributed by atoms with Crippen LogP contribution in [0.2, 0.25) is 0 Å². The Morgan fingerprint density at radius 1 is 1.00 bits per heavy atom. The molecule has 0 aromatic heterocycles. The molecule has 20 heavy (non-hydrogen) atoms. The van der Waals surface area contributed by atoms with Crippen LogP contribution in [0.5, 0.6) is 0 Å². The largest absolute Gasteiger partial charge is 0.350 e. The van der Waals surface area contributed by atoms with Crippen molar-refractivity contribution in [3.05, 3.63) is 0 Å². The number of primary amides is 1. The summed E-state index contributed by atoms with van der Waals surface area (Å²) in [4.78, 5) is 23.4. The summed E-state index contributed by atoms with van der Waals surface area (Å²) in [7, 11) is 0. The Labute approximate surface area is 119 Å². The van der Waals surface area contributed by atoms with Gasteiger partial charge in [0, 0.05) is 0 Å². The van der Waals surface area contributed by atoms with Gasteiger partial charge in [0.1, 0.15) is 0 Å². The third-order valence-corrected chi connectivity index (χ3v) is 7.30. The second kappa shape index (κ2) is 3.15. The maximum Gasteiger partial charge on any atom is 0.330 e. The first-order valence-corrected chi connectivity index (χ1v) is 7.60. The zero-order chi connectivity index (χ0) is 14.4. The van der Waals surface area contributed by atoms with Gasteiger partial charge in [0.25, 0.3) is 0 Å². The van der Waals surface area contributed by atoms with Crippen molar-refractivity contribution in [1.82, 2.24) is 10.9 Å². The van der Waals surface area contributed by atoms with Crippen molar-refractivity contribution in [2.45, 2.75) is 52.4 Å². The van der Waals surface area contributed by atoms with Gasteiger partial charge in [0.2, 0.25) is 5.91 Å². The Bertz CT molecular complexity index is 535. The van der Waals surface area contributed by atoms with Gasteiger partial charge < -0.3 is 5.73 Å². The van der Waals surface area contributed by atoms with E-state index < -0.39 is 6.03 Å². The first-order chi connectivity index (χ1) is 9.24. The molecule has 0 aromatic rings. The molecular formula is C15H23N3O2. The minimum absolute atomic E-state index is 0.0275. The van der Waals surface area contributed by atoms with Crippen LogP contribution >= 0.6 is 0 Å². The Hall–Kier alpha value is -1.26. The van der Waals surface area contributed by atoms with Crippen molar-refractivity contribution in [2.24, 2.45) is 33.3 Å². The van der Waals surface area contributed by atoms with Crippen LogP contribution in [0.4, 0.5) is 4.79 Å². The molecule has 0 heterocycles. The SMILES string of the molecule is CC12CC3CC4(C(=O)NNC(N)=O)CC(C)(C1)C2(C3)C4. The quantitative estimate of drug-likeness (QED) is 0.637. The summed E-state index contributed by atoms with van der Waals surface area (Å²) >= 11 is 0. The molecule has 0 aromatic carbocycles. The fourth-order valence-corrected chi connectivity index (χ4v) is 7.25. The highest BCUT2D eigenvalue weighted by atomic mass is 16.2. The summed E-state index contributed by atoms with van der Waals surface area (Å²) < 4.78 is 0. The molecule has 5 nitrogen and oxygen atoms in total. The minimum atomic E-state index is -0.705. The van der Waals surface area contributed by atoms with Crippen LogP contribution < -0.4 is 16.6 Å². The number of hydrogen-bond donors (Lipinski definition) is 3. The highest BCUT2D eigenvalue weighted by molar-refractivity contribution is 5.86. The van der Waals surface area contributed by atoms with E-state index in [0.717, 1.165) is 19.3 Å². The van der Waals surface area contributed by atoms with E-state index in [1.807, 2.05) is 0 Å². The van der Waals surface area contributed by atoms with Crippen LogP contribution in [-0.2, 0) is 4.79 Å². The van der Waals surface area contributed by atoms with E-state index in [4.69, 9.17) is 5.73 Å². The number of carbonyl (C=O) groups is 2. The highest BCUT2D eigenvalue weighted by Gasteiger charge is 2.81. The summed E-state index contributed by atoms with van der Waals surface area (Å²) in [6.07, 6.45) is 6.79. The first kappa shape index (κ1) is 12.5. The summed E-state index contributed by atoms with van der Waals surface area (Å²) in [5, 5.41) is 0. The average Bonchev–Trinajstić information content (AvgIpc) is 2.60. The maximum atomic E-state index is 12.6. The lowest BCUT2D eigenvalue weighted by Gasteiger charge is -2.64. The standard InChI is InChI=1S/C15H23N3O2/c1-12-3-9-4-14(10(19)17-18-11(16)20)7-13(2,6-12)15(12,5-9)8-14/h9H,3-8H2,1-2H3,(H,17,19)(H3,16,18,20). The number of amides is 3. The summed E-state index contributed by atoms with van der Waals surface area (Å²) in [5.41, 5.74) is 10.7. The van der Waals surface area contributed by atoms with Crippen molar-refractivity contribution < 1.29 is 9.59 Å². The Morgan fingerprint density at radius 2 is 1.75 bits per heavy atom. The lowest BCUT2D eigenvalue weighted by molar-refractivity contribution is -0.157. The number of carbonyl (C=O) groups excluding carboxylic acids is 2. The molecule has 4 aliphatic rings. The van der Waals surface area contributed by atoms with Crippen LogP contribution in [0.25, 0.3) is 0 Å². The molecule has 3 amide bonds. The van der Waals surface area contributed by atoms with Crippen molar-refractivity contribution >= 4 is 11.9 Å². The summed E-state index contributed by atoms with van der Waals surface area (Å²) in [5.74, 6) is 0.651. The van der Waals surface area contributed by atoms with Crippen molar-refractivity contribution in [2.75, 3.05) is 0 Å². The van der Waals surface area contributed by atoms with E-state index in [-0.39, 0.29) is 11.3 Å². The molecule has 1 spiro atoms. The third kappa shape index (κ3) is 1.12. The second-order valence-electron chi connectivity index (χ2n) is 8.44. The van der Waals surface area contributed by atoms with Gasteiger partial charge in [-0.05, 0) is 60.7 Å². The topological polar surface area (TPSA) is 84.2 Å². The average molecular weight is 277 g/mol. The molecule has 0 saturated heterocycles. The van der Waals surface area contributed by atoms with E-state index >= 15 is 0 Å². The van der Waals surface area contributed by atoms with Gasteiger partial charge in [-0.2, -0.15) is 0 Å². The monoisotopic (exact) mass is 277 g/mol. The number of nitrogens with two attached hydrogens (primary N) is 1. The molecule has 0 aliphatic heterocycles. The van der Waals surface area contributed by atoms with E-state index in [2.05, 4.69) is 24.7 Å². The van der Waals surface area contributed by atoms with Gasteiger partial charge in [-0.3, -0.25) is 10.2 Å². The fraction of sp³-hybridized carbons (Fsp3) is 0.867. The molecule has 0 radical (unpaired) electrons. The molecule has 5 heteroatoms. The third-order valence-electron chi connectivity index (χ3n) is 7.30. The molecule has 5 atom stereocenters. The Balaban J connectivity index is 1.66. The molecule has 110 valence electrons. The number of nitrogens with one attached hydrogen (secondary N) is 2. The normalized spacial score (nSPS) is 54.2. The molecular weight excluding hydrogens is 254 g/mol. The zero-order valence-electron chi connectivity index (χ0n) is 12.2. The highest BCUT2D eigenvalue weighted by Crippen LogP contribution is 2.88.